The number of thioether (sulfide) groups is 1. The Morgan fingerprint density at radius 3 is 2.81 bits per heavy atom. The molecule has 2 unspecified atom stereocenters. The minimum atomic E-state index is -3.78. The van der Waals surface area contributed by atoms with E-state index < -0.39 is 22.1 Å². The van der Waals surface area contributed by atoms with Crippen LogP contribution < -0.4 is 15.8 Å². The molecule has 7 nitrogen and oxygen atoms in total. The van der Waals surface area contributed by atoms with Crippen molar-refractivity contribution in [3.63, 3.8) is 0 Å². The summed E-state index contributed by atoms with van der Waals surface area (Å²) in [5.74, 6) is 0.0797. The van der Waals surface area contributed by atoms with Crippen molar-refractivity contribution in [2.45, 2.75) is 23.9 Å². The van der Waals surface area contributed by atoms with Gasteiger partial charge in [-0.1, -0.05) is 23.9 Å². The average molecular weight is 329 g/mol. The topological polar surface area (TPSA) is 118 Å². The first kappa shape index (κ1) is 15.8. The lowest BCUT2D eigenvalue weighted by Crippen LogP contribution is -2.43. The van der Waals surface area contributed by atoms with Crippen LogP contribution in [-0.2, 0) is 14.8 Å². The Balaban J connectivity index is 2.08. The standard InChI is InChI=1S/C12H15N3O4S2/c1-7(14-11(16)10-6-20-12(17)15-10)8-3-2-4-9(5-8)21(13,18)19/h2-5,7,10H,6H2,1H3,(H,14,16)(H,15,17)(H2,13,18,19). The number of hydrogen-bond donors (Lipinski definition) is 3. The Labute approximate surface area is 126 Å². The summed E-state index contributed by atoms with van der Waals surface area (Å²) in [4.78, 5) is 23.0. The van der Waals surface area contributed by atoms with Crippen LogP contribution in [-0.4, -0.2) is 31.4 Å². The molecule has 114 valence electrons. The van der Waals surface area contributed by atoms with Gasteiger partial charge in [-0.25, -0.2) is 13.6 Å². The summed E-state index contributed by atoms with van der Waals surface area (Å²) in [5, 5.41) is 10.1. The van der Waals surface area contributed by atoms with Crippen molar-refractivity contribution >= 4 is 32.9 Å². The van der Waals surface area contributed by atoms with Gasteiger partial charge in [0.25, 0.3) is 5.24 Å². The fourth-order valence-corrected chi connectivity index (χ4v) is 3.23. The lowest BCUT2D eigenvalue weighted by atomic mass is 10.1. The van der Waals surface area contributed by atoms with E-state index in [-0.39, 0.29) is 16.0 Å². The SMILES string of the molecule is CC(NC(=O)C1CSC(=O)N1)c1cccc(S(N)(=O)=O)c1. The Bertz CT molecular complexity index is 675. The average Bonchev–Trinajstić information content (AvgIpc) is 2.84. The maximum absolute atomic E-state index is 12.0. The van der Waals surface area contributed by atoms with Gasteiger partial charge in [0, 0.05) is 5.75 Å². The van der Waals surface area contributed by atoms with Crippen molar-refractivity contribution in [1.29, 1.82) is 0 Å². The fraction of sp³-hybridized carbons (Fsp3) is 0.333. The lowest BCUT2D eigenvalue weighted by molar-refractivity contribution is -0.122. The largest absolute Gasteiger partial charge is 0.348 e. The summed E-state index contributed by atoms with van der Waals surface area (Å²) >= 11 is 1.06. The zero-order valence-electron chi connectivity index (χ0n) is 11.2. The maximum atomic E-state index is 12.0. The summed E-state index contributed by atoms with van der Waals surface area (Å²) in [6.45, 7) is 1.73. The highest BCUT2D eigenvalue weighted by molar-refractivity contribution is 8.14. The molecule has 1 heterocycles. The van der Waals surface area contributed by atoms with E-state index in [0.717, 1.165) is 11.8 Å². The van der Waals surface area contributed by atoms with Crippen LogP contribution in [0.2, 0.25) is 0 Å². The molecule has 0 aromatic heterocycles. The quantitative estimate of drug-likeness (QED) is 0.736. The molecule has 2 atom stereocenters. The van der Waals surface area contributed by atoms with Gasteiger partial charge in [-0.2, -0.15) is 0 Å². The third kappa shape index (κ3) is 3.96. The normalized spacial score (nSPS) is 19.9. The second kappa shape index (κ2) is 6.04. The van der Waals surface area contributed by atoms with Gasteiger partial charge in [0.05, 0.1) is 10.9 Å². The first-order chi connectivity index (χ1) is 9.77. The zero-order valence-corrected chi connectivity index (χ0v) is 12.8. The molecule has 9 heteroatoms. The monoisotopic (exact) mass is 329 g/mol. The fourth-order valence-electron chi connectivity index (χ4n) is 1.88. The number of primary sulfonamides is 1. The predicted octanol–water partition coefficient (Wildman–Crippen LogP) is 0.336. The Kier molecular flexibility index (Phi) is 4.55. The number of hydrogen-bond acceptors (Lipinski definition) is 5. The van der Waals surface area contributed by atoms with Crippen molar-refractivity contribution in [2.75, 3.05) is 5.75 Å². The third-order valence-corrected chi connectivity index (χ3v) is 4.83. The lowest BCUT2D eigenvalue weighted by Gasteiger charge is -2.17. The molecule has 0 spiro atoms. The molecule has 1 fully saturated rings. The summed E-state index contributed by atoms with van der Waals surface area (Å²) in [6.07, 6.45) is 0. The first-order valence-corrected chi connectivity index (χ1v) is 8.67. The number of carbonyl (C=O) groups excluding carboxylic acids is 2. The molecule has 2 rings (SSSR count). The van der Waals surface area contributed by atoms with E-state index >= 15 is 0 Å². The number of benzene rings is 1. The van der Waals surface area contributed by atoms with Crippen LogP contribution in [0.3, 0.4) is 0 Å². The van der Waals surface area contributed by atoms with Crippen LogP contribution in [0, 0.1) is 0 Å². The highest BCUT2D eigenvalue weighted by Crippen LogP contribution is 2.18. The number of sulfonamides is 1. The van der Waals surface area contributed by atoms with E-state index in [0.29, 0.717) is 11.3 Å². The molecular formula is C12H15N3O4S2. The highest BCUT2D eigenvalue weighted by atomic mass is 32.2. The number of nitrogens with two attached hydrogens (primary N) is 1. The van der Waals surface area contributed by atoms with E-state index in [2.05, 4.69) is 10.6 Å². The number of nitrogens with one attached hydrogen (secondary N) is 2. The minimum Gasteiger partial charge on any atom is -0.348 e. The minimum absolute atomic E-state index is 0.00850. The van der Waals surface area contributed by atoms with E-state index in [1.165, 1.54) is 12.1 Å². The first-order valence-electron chi connectivity index (χ1n) is 6.14. The number of amides is 2. The van der Waals surface area contributed by atoms with Gasteiger partial charge < -0.3 is 10.6 Å². The molecule has 1 aromatic carbocycles. The molecule has 1 aliphatic heterocycles. The van der Waals surface area contributed by atoms with Crippen LogP contribution in [0.4, 0.5) is 4.79 Å². The van der Waals surface area contributed by atoms with Crippen molar-refractivity contribution in [2.24, 2.45) is 5.14 Å². The summed E-state index contributed by atoms with van der Waals surface area (Å²) in [6, 6.07) is 5.10. The molecule has 2 amide bonds. The molecule has 0 bridgehead atoms. The predicted molar refractivity (Wildman–Crippen MR) is 79.2 cm³/mol. The van der Waals surface area contributed by atoms with Gasteiger partial charge in [0.15, 0.2) is 0 Å². The second-order valence-corrected chi connectivity index (χ2v) is 7.20. The Morgan fingerprint density at radius 2 is 2.24 bits per heavy atom. The molecule has 0 aliphatic carbocycles. The summed E-state index contributed by atoms with van der Waals surface area (Å²) in [7, 11) is -3.78. The van der Waals surface area contributed by atoms with Crippen LogP contribution in [0.15, 0.2) is 29.2 Å². The molecule has 1 aromatic rings. The number of rotatable bonds is 4. The van der Waals surface area contributed by atoms with E-state index in [1.807, 2.05) is 0 Å². The number of carbonyl (C=O) groups is 2. The van der Waals surface area contributed by atoms with Crippen molar-refractivity contribution in [1.82, 2.24) is 10.6 Å². The summed E-state index contributed by atoms with van der Waals surface area (Å²) < 4.78 is 22.6. The molecule has 0 saturated carbocycles. The van der Waals surface area contributed by atoms with Gasteiger partial charge in [0.2, 0.25) is 15.9 Å². The molecule has 21 heavy (non-hydrogen) atoms. The van der Waals surface area contributed by atoms with Gasteiger partial charge in [-0.05, 0) is 24.6 Å². The van der Waals surface area contributed by atoms with Crippen LogP contribution >= 0.6 is 11.8 Å². The molecule has 1 aliphatic rings. The third-order valence-electron chi connectivity index (χ3n) is 3.04. The van der Waals surface area contributed by atoms with Crippen molar-refractivity contribution in [3.8, 4) is 0 Å². The zero-order chi connectivity index (χ0) is 15.6. The van der Waals surface area contributed by atoms with Gasteiger partial charge in [-0.3, -0.25) is 9.59 Å². The van der Waals surface area contributed by atoms with Crippen LogP contribution in [0.1, 0.15) is 18.5 Å². The van der Waals surface area contributed by atoms with E-state index in [1.54, 1.807) is 19.1 Å². The van der Waals surface area contributed by atoms with Gasteiger partial charge >= 0.3 is 0 Å². The van der Waals surface area contributed by atoms with E-state index in [4.69, 9.17) is 5.14 Å². The highest BCUT2D eigenvalue weighted by Gasteiger charge is 2.28. The molecule has 0 radical (unpaired) electrons. The second-order valence-electron chi connectivity index (χ2n) is 4.64. The smallest absolute Gasteiger partial charge is 0.279 e. The van der Waals surface area contributed by atoms with Crippen molar-refractivity contribution < 1.29 is 18.0 Å². The Hall–Kier alpha value is -1.58. The van der Waals surface area contributed by atoms with E-state index in [9.17, 15) is 18.0 Å². The van der Waals surface area contributed by atoms with Crippen LogP contribution in [0.5, 0.6) is 0 Å². The molecule has 4 N–H and O–H groups in total. The van der Waals surface area contributed by atoms with Gasteiger partial charge in [0.1, 0.15) is 6.04 Å². The molecule has 1 saturated heterocycles. The molecular weight excluding hydrogens is 314 g/mol. The van der Waals surface area contributed by atoms with Crippen LogP contribution in [0.25, 0.3) is 0 Å². The van der Waals surface area contributed by atoms with Gasteiger partial charge in [-0.15, -0.1) is 0 Å². The summed E-state index contributed by atoms with van der Waals surface area (Å²) in [5.41, 5.74) is 0.617. The Morgan fingerprint density at radius 1 is 1.52 bits per heavy atom. The maximum Gasteiger partial charge on any atom is 0.279 e. The van der Waals surface area contributed by atoms with Crippen molar-refractivity contribution in [3.05, 3.63) is 29.8 Å².